The van der Waals surface area contributed by atoms with Crippen molar-refractivity contribution in [2.45, 2.75) is 30.5 Å². The van der Waals surface area contributed by atoms with Crippen molar-refractivity contribution in [3.8, 4) is 0 Å². The van der Waals surface area contributed by atoms with Gasteiger partial charge in [0.15, 0.2) is 0 Å². The lowest BCUT2D eigenvalue weighted by Crippen LogP contribution is -2.58. The predicted octanol–water partition coefficient (Wildman–Crippen LogP) is -2.89. The van der Waals surface area contributed by atoms with Gasteiger partial charge in [0.05, 0.1) is 25.9 Å². The van der Waals surface area contributed by atoms with Crippen molar-refractivity contribution < 1.29 is 34.7 Å². The molecule has 1 rings (SSSR count). The van der Waals surface area contributed by atoms with Gasteiger partial charge in [-0.3, -0.25) is 0 Å². The van der Waals surface area contributed by atoms with Gasteiger partial charge in [-0.2, -0.15) is 0 Å². The average Bonchev–Trinajstić information content (AvgIpc) is 2.43. The van der Waals surface area contributed by atoms with Gasteiger partial charge in [-0.15, -0.1) is 0 Å². The maximum absolute atomic E-state index is 11.4. The summed E-state index contributed by atoms with van der Waals surface area (Å²) in [4.78, 5) is 11.4. The van der Waals surface area contributed by atoms with Gasteiger partial charge in [0.2, 0.25) is 5.76 Å². The summed E-state index contributed by atoms with van der Waals surface area (Å²) < 4.78 is 9.71. The highest BCUT2D eigenvalue weighted by atomic mass is 16.6. The summed E-state index contributed by atoms with van der Waals surface area (Å²) in [5.74, 6) is -1.06. The molecule has 5 atom stereocenters. The smallest absolute Gasteiger partial charge is 0.373 e. The summed E-state index contributed by atoms with van der Waals surface area (Å²) in [5.41, 5.74) is 0. The Bertz CT molecular complexity index is 346. The van der Waals surface area contributed by atoms with Crippen LogP contribution in [0.4, 0.5) is 0 Å². The first-order valence-electron chi connectivity index (χ1n) is 5.75. The molecule has 0 unspecified atom stereocenters. The normalized spacial score (nSPS) is 30.0. The highest BCUT2D eigenvalue weighted by molar-refractivity contribution is 5.86. The topological polar surface area (TPSA) is 128 Å². The summed E-state index contributed by atoms with van der Waals surface area (Å²) in [6, 6.07) is -0.746. The zero-order valence-corrected chi connectivity index (χ0v) is 10.7. The minimum Gasteiger partial charge on any atom is -0.479 e. The minimum atomic E-state index is -1.48. The number of carbonyl (C=O) groups is 1. The molecule has 0 aliphatic carbocycles. The summed E-state index contributed by atoms with van der Waals surface area (Å²) in [5, 5.41) is 40.7. The van der Waals surface area contributed by atoms with E-state index in [4.69, 9.17) is 9.84 Å². The molecule has 0 bridgehead atoms. The van der Waals surface area contributed by atoms with Gasteiger partial charge >= 0.3 is 5.97 Å². The molecule has 0 aromatic heterocycles. The molecule has 0 radical (unpaired) electrons. The van der Waals surface area contributed by atoms with E-state index in [1.165, 1.54) is 7.05 Å². The summed E-state index contributed by atoms with van der Waals surface area (Å²) >= 11 is 0. The van der Waals surface area contributed by atoms with Gasteiger partial charge in [-0.25, -0.2) is 4.79 Å². The van der Waals surface area contributed by atoms with Crippen molar-refractivity contribution in [1.82, 2.24) is 5.32 Å². The lowest BCUT2D eigenvalue weighted by molar-refractivity contribution is -0.151. The molecule has 8 nitrogen and oxygen atoms in total. The van der Waals surface area contributed by atoms with Crippen LogP contribution in [0.15, 0.2) is 11.8 Å². The van der Waals surface area contributed by atoms with E-state index >= 15 is 0 Å². The minimum absolute atomic E-state index is 0.254. The summed E-state index contributed by atoms with van der Waals surface area (Å²) in [6.45, 7) is -0.676. The molecule has 0 fully saturated rings. The predicted molar refractivity (Wildman–Crippen MR) is 62.9 cm³/mol. The molecular weight excluding hydrogens is 258 g/mol. The van der Waals surface area contributed by atoms with Crippen LogP contribution >= 0.6 is 0 Å². The lowest BCUT2D eigenvalue weighted by atomic mass is 9.94. The molecule has 0 aromatic rings. The average molecular weight is 277 g/mol. The quantitative estimate of drug-likeness (QED) is 0.339. The van der Waals surface area contributed by atoms with Crippen molar-refractivity contribution in [3.63, 3.8) is 0 Å². The first kappa shape index (κ1) is 15.9. The Labute approximate surface area is 110 Å². The molecule has 0 saturated heterocycles. The number of aliphatic hydroxyl groups excluding tert-OH is 4. The molecule has 0 amide bonds. The van der Waals surface area contributed by atoms with E-state index in [0.29, 0.717) is 0 Å². The number of hydrogen-bond donors (Lipinski definition) is 5. The number of rotatable bonds is 5. The van der Waals surface area contributed by atoms with Crippen molar-refractivity contribution in [1.29, 1.82) is 0 Å². The third-order valence-electron chi connectivity index (χ3n) is 2.94. The third-order valence-corrected chi connectivity index (χ3v) is 2.94. The molecule has 0 spiro atoms. The highest BCUT2D eigenvalue weighted by Gasteiger charge is 2.41. The number of aliphatic hydroxyl groups is 4. The Morgan fingerprint density at radius 1 is 1.58 bits per heavy atom. The zero-order chi connectivity index (χ0) is 14.6. The first-order valence-corrected chi connectivity index (χ1v) is 5.75. The fourth-order valence-corrected chi connectivity index (χ4v) is 1.87. The molecule has 110 valence electrons. The van der Waals surface area contributed by atoms with Gasteiger partial charge in [-0.1, -0.05) is 0 Å². The second kappa shape index (κ2) is 6.83. The van der Waals surface area contributed by atoms with Crippen LogP contribution in [-0.2, 0) is 14.3 Å². The SMILES string of the molecule is CN[C@H]1[C@H]([C@@H](O)[C@@H](O)CO)OC(C(=O)OC)=C[C@@H]1O. The maximum Gasteiger partial charge on any atom is 0.373 e. The van der Waals surface area contributed by atoms with E-state index < -0.39 is 43.0 Å². The first-order chi connectivity index (χ1) is 8.96. The standard InChI is InChI=1S/C11H19NO7/c1-12-8-5(14)3-7(11(17)18-2)19-10(8)9(16)6(15)4-13/h3,5-6,8-10,12-16H,4H2,1-2H3/t5-,6-,8+,9-,10+/m0/s1. The molecule has 8 heteroatoms. The molecule has 19 heavy (non-hydrogen) atoms. The van der Waals surface area contributed by atoms with E-state index in [2.05, 4.69) is 10.1 Å². The van der Waals surface area contributed by atoms with Crippen LogP contribution in [0.2, 0.25) is 0 Å². The van der Waals surface area contributed by atoms with Crippen LogP contribution in [0.1, 0.15) is 0 Å². The van der Waals surface area contributed by atoms with Crippen LogP contribution in [0.3, 0.4) is 0 Å². The fourth-order valence-electron chi connectivity index (χ4n) is 1.87. The van der Waals surface area contributed by atoms with Crippen molar-refractivity contribution in [2.24, 2.45) is 0 Å². The molecule has 1 aliphatic rings. The number of methoxy groups -OCH3 is 1. The Kier molecular flexibility index (Phi) is 5.70. The van der Waals surface area contributed by atoms with E-state index in [9.17, 15) is 20.1 Å². The summed E-state index contributed by atoms with van der Waals surface area (Å²) in [6.07, 6.45) is -4.00. The van der Waals surface area contributed by atoms with Crippen LogP contribution < -0.4 is 5.32 Å². The van der Waals surface area contributed by atoms with Gasteiger partial charge in [0, 0.05) is 0 Å². The second-order valence-corrected chi connectivity index (χ2v) is 4.15. The Morgan fingerprint density at radius 2 is 2.21 bits per heavy atom. The van der Waals surface area contributed by atoms with Crippen molar-refractivity contribution in [3.05, 3.63) is 11.8 Å². The highest BCUT2D eigenvalue weighted by Crippen LogP contribution is 2.23. The van der Waals surface area contributed by atoms with Gasteiger partial charge in [0.25, 0.3) is 0 Å². The second-order valence-electron chi connectivity index (χ2n) is 4.15. The van der Waals surface area contributed by atoms with Gasteiger partial charge < -0.3 is 35.2 Å². The van der Waals surface area contributed by atoms with Crippen LogP contribution in [0, 0.1) is 0 Å². The van der Waals surface area contributed by atoms with E-state index in [1.54, 1.807) is 0 Å². The summed E-state index contributed by atoms with van der Waals surface area (Å²) in [7, 11) is 2.68. The number of nitrogens with one attached hydrogen (secondary N) is 1. The van der Waals surface area contributed by atoms with Crippen LogP contribution in [0.5, 0.6) is 0 Å². The van der Waals surface area contributed by atoms with Crippen LogP contribution in [0.25, 0.3) is 0 Å². The molecular formula is C11H19NO7. The van der Waals surface area contributed by atoms with Gasteiger partial charge in [0.1, 0.15) is 18.3 Å². The maximum atomic E-state index is 11.4. The van der Waals surface area contributed by atoms with E-state index in [1.807, 2.05) is 0 Å². The lowest BCUT2D eigenvalue weighted by Gasteiger charge is -2.37. The number of ether oxygens (including phenoxy) is 2. The zero-order valence-electron chi connectivity index (χ0n) is 10.7. The Morgan fingerprint density at radius 3 is 2.68 bits per heavy atom. The fraction of sp³-hybridized carbons (Fsp3) is 0.727. The number of hydrogen-bond acceptors (Lipinski definition) is 8. The van der Waals surface area contributed by atoms with E-state index in [0.717, 1.165) is 13.2 Å². The molecule has 5 N–H and O–H groups in total. The van der Waals surface area contributed by atoms with Crippen molar-refractivity contribution in [2.75, 3.05) is 20.8 Å². The Hall–Kier alpha value is -1.19. The molecule has 1 heterocycles. The number of carbonyl (C=O) groups excluding carboxylic acids is 1. The van der Waals surface area contributed by atoms with Crippen LogP contribution in [-0.4, -0.2) is 77.6 Å². The molecule has 1 aliphatic heterocycles. The molecule has 0 aromatic carbocycles. The number of likely N-dealkylation sites (N-methyl/N-ethyl adjacent to an activating group) is 1. The van der Waals surface area contributed by atoms with E-state index in [-0.39, 0.29) is 5.76 Å². The van der Waals surface area contributed by atoms with Crippen molar-refractivity contribution >= 4 is 5.97 Å². The Balaban J connectivity index is 2.96. The van der Waals surface area contributed by atoms with Gasteiger partial charge in [-0.05, 0) is 13.1 Å². The third kappa shape index (κ3) is 3.43. The number of esters is 1. The monoisotopic (exact) mass is 277 g/mol. The molecule has 0 saturated carbocycles. The largest absolute Gasteiger partial charge is 0.479 e.